The summed E-state index contributed by atoms with van der Waals surface area (Å²) in [5, 5.41) is 0. The third-order valence-electron chi connectivity index (χ3n) is 3.01. The Hall–Kier alpha value is -1.51. The fourth-order valence-electron chi connectivity index (χ4n) is 1.93. The van der Waals surface area contributed by atoms with E-state index >= 15 is 0 Å². The van der Waals surface area contributed by atoms with Gasteiger partial charge in [0.05, 0.1) is 7.11 Å². The second kappa shape index (κ2) is 3.26. The van der Waals surface area contributed by atoms with Crippen molar-refractivity contribution >= 4 is 5.97 Å². The molecule has 15 heavy (non-hydrogen) atoms. The molecule has 0 saturated heterocycles. The largest absolute Gasteiger partial charge is 0.496 e. The van der Waals surface area contributed by atoms with Crippen molar-refractivity contribution in [2.45, 2.75) is 25.9 Å². The highest BCUT2D eigenvalue weighted by atomic mass is 16.6. The van der Waals surface area contributed by atoms with Crippen LogP contribution in [0, 0.1) is 0 Å². The van der Waals surface area contributed by atoms with Crippen molar-refractivity contribution < 1.29 is 14.3 Å². The summed E-state index contributed by atoms with van der Waals surface area (Å²) in [7, 11) is 1.56. The molecule has 1 aliphatic rings. The first-order chi connectivity index (χ1) is 7.12. The summed E-state index contributed by atoms with van der Waals surface area (Å²) >= 11 is 0. The highest BCUT2D eigenvalue weighted by Gasteiger charge is 2.41. The van der Waals surface area contributed by atoms with Crippen molar-refractivity contribution in [1.82, 2.24) is 0 Å². The lowest BCUT2D eigenvalue weighted by atomic mass is 9.91. The highest BCUT2D eigenvalue weighted by molar-refractivity contribution is 5.97. The molecule has 1 aliphatic heterocycles. The Kier molecular flexibility index (Phi) is 2.18. The van der Waals surface area contributed by atoms with Crippen LogP contribution in [0.4, 0.5) is 0 Å². The molecule has 3 heteroatoms. The van der Waals surface area contributed by atoms with Crippen LogP contribution in [0.5, 0.6) is 5.75 Å². The van der Waals surface area contributed by atoms with E-state index in [-0.39, 0.29) is 5.97 Å². The molecule has 1 heterocycles. The van der Waals surface area contributed by atoms with Crippen LogP contribution in [0.2, 0.25) is 0 Å². The van der Waals surface area contributed by atoms with Crippen LogP contribution in [-0.4, -0.2) is 13.1 Å². The van der Waals surface area contributed by atoms with Gasteiger partial charge in [-0.15, -0.1) is 0 Å². The predicted octanol–water partition coefficient (Wildman–Crippen LogP) is 2.49. The monoisotopic (exact) mass is 206 g/mol. The maximum Gasteiger partial charge on any atom is 0.343 e. The Balaban J connectivity index is 2.64. The lowest BCUT2D eigenvalue weighted by Crippen LogP contribution is -2.20. The highest BCUT2D eigenvalue weighted by Crippen LogP contribution is 2.42. The van der Waals surface area contributed by atoms with E-state index in [9.17, 15) is 4.79 Å². The fraction of sp³-hybridized carbons (Fsp3) is 0.417. The van der Waals surface area contributed by atoms with Crippen LogP contribution in [0.1, 0.15) is 36.2 Å². The minimum atomic E-state index is -0.499. The van der Waals surface area contributed by atoms with Crippen molar-refractivity contribution in [3.63, 3.8) is 0 Å². The first-order valence-corrected chi connectivity index (χ1v) is 5.03. The third-order valence-corrected chi connectivity index (χ3v) is 3.01. The molecule has 0 aliphatic carbocycles. The molecule has 0 unspecified atom stereocenters. The Morgan fingerprint density at radius 2 is 2.20 bits per heavy atom. The Morgan fingerprint density at radius 1 is 1.47 bits per heavy atom. The van der Waals surface area contributed by atoms with Gasteiger partial charge >= 0.3 is 5.97 Å². The number of esters is 1. The maximum absolute atomic E-state index is 11.7. The maximum atomic E-state index is 11.7. The van der Waals surface area contributed by atoms with Gasteiger partial charge in [0.1, 0.15) is 16.9 Å². The van der Waals surface area contributed by atoms with Gasteiger partial charge in [0, 0.05) is 5.56 Å². The molecule has 0 aromatic heterocycles. The van der Waals surface area contributed by atoms with Crippen LogP contribution in [0.15, 0.2) is 18.2 Å². The van der Waals surface area contributed by atoms with Crippen LogP contribution in [-0.2, 0) is 10.3 Å². The van der Waals surface area contributed by atoms with E-state index in [0.29, 0.717) is 11.3 Å². The number of fused-ring (bicyclic) bond motifs is 1. The number of hydrogen-bond acceptors (Lipinski definition) is 3. The fourth-order valence-corrected chi connectivity index (χ4v) is 1.93. The molecule has 0 saturated carbocycles. The molecule has 3 nitrogen and oxygen atoms in total. The second-order valence-electron chi connectivity index (χ2n) is 3.86. The lowest BCUT2D eigenvalue weighted by Gasteiger charge is -2.21. The number of ether oxygens (including phenoxy) is 2. The molecule has 0 amide bonds. The summed E-state index contributed by atoms with van der Waals surface area (Å²) < 4.78 is 10.6. The number of rotatable bonds is 2. The average molecular weight is 206 g/mol. The van der Waals surface area contributed by atoms with Crippen molar-refractivity contribution in [3.8, 4) is 5.75 Å². The number of carbonyl (C=O) groups is 1. The van der Waals surface area contributed by atoms with E-state index in [4.69, 9.17) is 9.47 Å². The van der Waals surface area contributed by atoms with Crippen LogP contribution in [0.25, 0.3) is 0 Å². The van der Waals surface area contributed by atoms with Gasteiger partial charge in [0.2, 0.25) is 0 Å². The molecular formula is C12H14O3. The van der Waals surface area contributed by atoms with E-state index < -0.39 is 5.60 Å². The van der Waals surface area contributed by atoms with Gasteiger partial charge in [0.25, 0.3) is 0 Å². The SMILES string of the molecule is CC[C@@]1(C)OC(=O)c2c(OC)cccc21. The predicted molar refractivity (Wildman–Crippen MR) is 56.1 cm³/mol. The van der Waals surface area contributed by atoms with Gasteiger partial charge in [-0.2, -0.15) is 0 Å². The van der Waals surface area contributed by atoms with Crippen molar-refractivity contribution in [1.29, 1.82) is 0 Å². The quantitative estimate of drug-likeness (QED) is 0.697. The van der Waals surface area contributed by atoms with Crippen LogP contribution >= 0.6 is 0 Å². The molecule has 1 aromatic carbocycles. The van der Waals surface area contributed by atoms with Crippen LogP contribution < -0.4 is 4.74 Å². The Bertz CT molecular complexity index is 411. The third kappa shape index (κ3) is 1.30. The molecule has 0 fully saturated rings. The van der Waals surface area contributed by atoms with E-state index in [1.807, 2.05) is 26.0 Å². The van der Waals surface area contributed by atoms with E-state index in [2.05, 4.69) is 0 Å². The topological polar surface area (TPSA) is 35.5 Å². The minimum Gasteiger partial charge on any atom is -0.496 e. The van der Waals surface area contributed by atoms with Gasteiger partial charge < -0.3 is 9.47 Å². The molecule has 0 spiro atoms. The minimum absolute atomic E-state index is 0.285. The van der Waals surface area contributed by atoms with Gasteiger partial charge in [-0.25, -0.2) is 4.79 Å². The van der Waals surface area contributed by atoms with E-state index in [1.165, 1.54) is 0 Å². The summed E-state index contributed by atoms with van der Waals surface area (Å²) in [6.45, 7) is 3.93. The smallest absolute Gasteiger partial charge is 0.343 e. The molecule has 0 N–H and O–H groups in total. The summed E-state index contributed by atoms with van der Waals surface area (Å²) in [5.41, 5.74) is 1.000. The zero-order valence-corrected chi connectivity index (χ0v) is 9.16. The average Bonchev–Trinajstić information content (AvgIpc) is 2.52. The normalized spacial score (nSPS) is 23.5. The van der Waals surface area contributed by atoms with Gasteiger partial charge in [-0.05, 0) is 19.4 Å². The first kappa shape index (κ1) is 10.0. The molecule has 1 aromatic rings. The number of methoxy groups -OCH3 is 1. The zero-order chi connectivity index (χ0) is 11.1. The lowest BCUT2D eigenvalue weighted by molar-refractivity contribution is -0.000834. The van der Waals surface area contributed by atoms with Crippen molar-refractivity contribution in [3.05, 3.63) is 29.3 Å². The summed E-state index contributed by atoms with van der Waals surface area (Å²) in [4.78, 5) is 11.7. The first-order valence-electron chi connectivity index (χ1n) is 5.03. The second-order valence-corrected chi connectivity index (χ2v) is 3.86. The molecule has 80 valence electrons. The Labute approximate surface area is 89.0 Å². The van der Waals surface area contributed by atoms with E-state index in [1.54, 1.807) is 13.2 Å². The Morgan fingerprint density at radius 3 is 2.80 bits per heavy atom. The van der Waals surface area contributed by atoms with Crippen LogP contribution in [0.3, 0.4) is 0 Å². The molecule has 1 atom stereocenters. The van der Waals surface area contributed by atoms with Gasteiger partial charge in [-0.1, -0.05) is 19.1 Å². The molecule has 0 radical (unpaired) electrons. The van der Waals surface area contributed by atoms with Crippen molar-refractivity contribution in [2.24, 2.45) is 0 Å². The van der Waals surface area contributed by atoms with Gasteiger partial charge in [0.15, 0.2) is 0 Å². The standard InChI is InChI=1S/C12H14O3/c1-4-12(2)8-6-5-7-9(14-3)10(8)11(13)15-12/h5-7H,4H2,1-3H3/t12-/m1/s1. The zero-order valence-electron chi connectivity index (χ0n) is 9.16. The van der Waals surface area contributed by atoms with Gasteiger partial charge in [-0.3, -0.25) is 0 Å². The number of hydrogen-bond donors (Lipinski definition) is 0. The van der Waals surface area contributed by atoms with Crippen molar-refractivity contribution in [2.75, 3.05) is 7.11 Å². The summed E-state index contributed by atoms with van der Waals surface area (Å²) in [5.74, 6) is 0.307. The number of carbonyl (C=O) groups excluding carboxylic acids is 1. The molecule has 2 rings (SSSR count). The number of cyclic esters (lactones) is 1. The van der Waals surface area contributed by atoms with E-state index in [0.717, 1.165) is 12.0 Å². The molecule has 0 bridgehead atoms. The summed E-state index contributed by atoms with van der Waals surface area (Å²) in [6.07, 6.45) is 0.763. The summed E-state index contributed by atoms with van der Waals surface area (Å²) in [6, 6.07) is 5.58. The molecular weight excluding hydrogens is 192 g/mol. The number of benzene rings is 1.